The lowest BCUT2D eigenvalue weighted by molar-refractivity contribution is 0.0123. The summed E-state index contributed by atoms with van der Waals surface area (Å²) in [6.45, 7) is 1.05. The van der Waals surface area contributed by atoms with Crippen molar-refractivity contribution in [1.82, 2.24) is 4.98 Å². The Balaban J connectivity index is 1.43. The highest BCUT2D eigenvalue weighted by Crippen LogP contribution is 2.37. The van der Waals surface area contributed by atoms with Crippen molar-refractivity contribution in [3.8, 4) is 5.75 Å². The Morgan fingerprint density at radius 1 is 1.09 bits per heavy atom. The van der Waals surface area contributed by atoms with Gasteiger partial charge in [0.25, 0.3) is 0 Å². The van der Waals surface area contributed by atoms with Gasteiger partial charge in [0.2, 0.25) is 5.82 Å². The van der Waals surface area contributed by atoms with Gasteiger partial charge >= 0.3 is 0 Å². The van der Waals surface area contributed by atoms with E-state index in [2.05, 4.69) is 29.2 Å². The van der Waals surface area contributed by atoms with Crippen molar-refractivity contribution in [2.45, 2.75) is 56.6 Å². The molecule has 2 atom stereocenters. The Morgan fingerprint density at radius 3 is 2.50 bits per heavy atom. The number of methoxy groups -OCH3 is 1. The Bertz CT molecular complexity index is 1040. The third-order valence-corrected chi connectivity index (χ3v) is 8.30. The fourth-order valence-electron chi connectivity index (χ4n) is 5.40. The maximum Gasteiger partial charge on any atom is 0.207 e. The monoisotopic (exact) mass is 490 g/mol. The van der Waals surface area contributed by atoms with E-state index in [1.165, 1.54) is 25.0 Å². The number of halogens is 1. The second-order valence-corrected chi connectivity index (χ2v) is 11.9. The van der Waals surface area contributed by atoms with Gasteiger partial charge in [-0.2, -0.15) is 4.39 Å². The van der Waals surface area contributed by atoms with E-state index in [1.807, 2.05) is 11.0 Å². The number of anilines is 1. The molecule has 0 radical (unpaired) electrons. The zero-order valence-electron chi connectivity index (χ0n) is 20.0. The van der Waals surface area contributed by atoms with Gasteiger partial charge < -0.3 is 14.4 Å². The Morgan fingerprint density at radius 2 is 1.82 bits per heavy atom. The van der Waals surface area contributed by atoms with Crippen LogP contribution >= 0.6 is 0 Å². The summed E-state index contributed by atoms with van der Waals surface area (Å²) < 4.78 is 50.2. The van der Waals surface area contributed by atoms with Crippen molar-refractivity contribution < 1.29 is 22.3 Å². The molecule has 1 aliphatic heterocycles. The van der Waals surface area contributed by atoms with Crippen LogP contribution in [-0.4, -0.2) is 57.8 Å². The van der Waals surface area contributed by atoms with Crippen molar-refractivity contribution in [2.75, 3.05) is 37.2 Å². The molecule has 2 aromatic rings. The van der Waals surface area contributed by atoms with Gasteiger partial charge in [-0.25, -0.2) is 13.4 Å². The van der Waals surface area contributed by atoms with E-state index in [4.69, 9.17) is 9.47 Å². The lowest BCUT2D eigenvalue weighted by atomic mass is 9.83. The molecule has 0 unspecified atom stereocenters. The summed E-state index contributed by atoms with van der Waals surface area (Å²) in [5.74, 6) is 0.718. The standard InChI is InChI=1S/C26H35FN2O4S/c1-32-24-12-15-28-26(25(24)27)29-16-13-21(14-17-34(2,30)31)23(29)18-33-22-10-8-20(9-11-22)19-6-4-3-5-7-19/h3-7,12,15,20-23H,8-11,13-14,16-18H2,1-2H3/t20?,21-,22?,23+/m1/s1. The van der Waals surface area contributed by atoms with Gasteiger partial charge in [0.1, 0.15) is 9.84 Å². The number of pyridine rings is 1. The molecule has 1 saturated heterocycles. The average molecular weight is 491 g/mol. The molecular weight excluding hydrogens is 455 g/mol. The molecule has 8 heteroatoms. The van der Waals surface area contributed by atoms with Crippen LogP contribution in [0.15, 0.2) is 42.6 Å². The van der Waals surface area contributed by atoms with Crippen LogP contribution in [0.3, 0.4) is 0 Å². The van der Waals surface area contributed by atoms with Gasteiger partial charge in [-0.05, 0) is 55.9 Å². The molecule has 2 heterocycles. The second kappa shape index (κ2) is 11.0. The summed E-state index contributed by atoms with van der Waals surface area (Å²) in [6.07, 6.45) is 8.46. The molecule has 6 nitrogen and oxygen atoms in total. The minimum Gasteiger partial charge on any atom is -0.493 e. The van der Waals surface area contributed by atoms with Gasteiger partial charge in [0, 0.05) is 25.1 Å². The Hall–Kier alpha value is -2.19. The number of hydrogen-bond acceptors (Lipinski definition) is 6. The Kier molecular flexibility index (Phi) is 8.09. The zero-order valence-corrected chi connectivity index (χ0v) is 20.8. The van der Waals surface area contributed by atoms with E-state index >= 15 is 4.39 Å². The summed E-state index contributed by atoms with van der Waals surface area (Å²) in [4.78, 5) is 6.24. The lowest BCUT2D eigenvalue weighted by Gasteiger charge is -2.33. The van der Waals surface area contributed by atoms with E-state index in [-0.39, 0.29) is 35.4 Å². The normalized spacial score (nSPS) is 25.4. The maximum absolute atomic E-state index is 15.0. The van der Waals surface area contributed by atoms with Gasteiger partial charge in [-0.3, -0.25) is 0 Å². The van der Waals surface area contributed by atoms with Crippen molar-refractivity contribution >= 4 is 15.7 Å². The van der Waals surface area contributed by atoms with Crippen molar-refractivity contribution in [1.29, 1.82) is 0 Å². The van der Waals surface area contributed by atoms with Crippen LogP contribution in [0.4, 0.5) is 10.2 Å². The first-order chi connectivity index (χ1) is 16.4. The molecule has 1 aliphatic carbocycles. The molecule has 1 saturated carbocycles. The van der Waals surface area contributed by atoms with Crippen LogP contribution in [-0.2, 0) is 14.6 Å². The summed E-state index contributed by atoms with van der Waals surface area (Å²) in [7, 11) is -1.63. The molecule has 0 N–H and O–H groups in total. The molecule has 186 valence electrons. The Labute approximate surface area is 202 Å². The fraction of sp³-hybridized carbons (Fsp3) is 0.577. The van der Waals surface area contributed by atoms with E-state index in [1.54, 1.807) is 6.20 Å². The molecule has 4 rings (SSSR count). The van der Waals surface area contributed by atoms with Gasteiger partial charge in [0.15, 0.2) is 11.6 Å². The fourth-order valence-corrected chi connectivity index (χ4v) is 6.14. The zero-order chi connectivity index (χ0) is 24.1. The van der Waals surface area contributed by atoms with Crippen LogP contribution in [0.1, 0.15) is 50.0 Å². The molecule has 2 aliphatic rings. The summed E-state index contributed by atoms with van der Waals surface area (Å²) >= 11 is 0. The van der Waals surface area contributed by atoms with E-state index < -0.39 is 15.7 Å². The number of hydrogen-bond donors (Lipinski definition) is 0. The number of nitrogens with zero attached hydrogens (tertiary/aromatic N) is 2. The van der Waals surface area contributed by atoms with Crippen LogP contribution in [0.2, 0.25) is 0 Å². The molecule has 0 bridgehead atoms. The predicted molar refractivity (Wildman–Crippen MR) is 132 cm³/mol. The quantitative estimate of drug-likeness (QED) is 0.512. The highest BCUT2D eigenvalue weighted by molar-refractivity contribution is 7.90. The van der Waals surface area contributed by atoms with Crippen molar-refractivity contribution in [2.24, 2.45) is 5.92 Å². The average Bonchev–Trinajstić information content (AvgIpc) is 3.24. The number of aromatic nitrogens is 1. The van der Waals surface area contributed by atoms with Crippen LogP contribution in [0, 0.1) is 11.7 Å². The minimum absolute atomic E-state index is 0.0998. The molecule has 0 spiro atoms. The van der Waals surface area contributed by atoms with E-state index in [0.29, 0.717) is 25.5 Å². The molecular formula is C26H35FN2O4S. The molecule has 1 aromatic heterocycles. The third kappa shape index (κ3) is 6.08. The van der Waals surface area contributed by atoms with Crippen molar-refractivity contribution in [3.63, 3.8) is 0 Å². The summed E-state index contributed by atoms with van der Waals surface area (Å²) in [5, 5.41) is 0. The smallest absolute Gasteiger partial charge is 0.207 e. The lowest BCUT2D eigenvalue weighted by Crippen LogP contribution is -2.40. The number of sulfone groups is 1. The largest absolute Gasteiger partial charge is 0.493 e. The maximum atomic E-state index is 15.0. The molecule has 2 fully saturated rings. The summed E-state index contributed by atoms with van der Waals surface area (Å²) in [5.41, 5.74) is 1.39. The number of rotatable bonds is 9. The predicted octanol–water partition coefficient (Wildman–Crippen LogP) is 4.60. The first-order valence-electron chi connectivity index (χ1n) is 12.1. The number of benzene rings is 1. The van der Waals surface area contributed by atoms with Crippen LogP contribution < -0.4 is 9.64 Å². The van der Waals surface area contributed by atoms with Gasteiger partial charge in [-0.1, -0.05) is 30.3 Å². The number of ether oxygens (including phenoxy) is 2. The topological polar surface area (TPSA) is 68.7 Å². The van der Waals surface area contributed by atoms with E-state index in [9.17, 15) is 8.42 Å². The van der Waals surface area contributed by atoms with Gasteiger partial charge in [-0.15, -0.1) is 0 Å². The molecule has 0 amide bonds. The van der Waals surface area contributed by atoms with Crippen molar-refractivity contribution in [3.05, 3.63) is 54.0 Å². The first kappa shape index (κ1) is 24.9. The van der Waals surface area contributed by atoms with Gasteiger partial charge in [0.05, 0.1) is 31.6 Å². The highest BCUT2D eigenvalue weighted by Gasteiger charge is 2.38. The first-order valence-corrected chi connectivity index (χ1v) is 14.2. The van der Waals surface area contributed by atoms with Crippen LogP contribution in [0.5, 0.6) is 5.75 Å². The molecule has 1 aromatic carbocycles. The van der Waals surface area contributed by atoms with E-state index in [0.717, 1.165) is 32.1 Å². The minimum atomic E-state index is -3.07. The third-order valence-electron chi connectivity index (χ3n) is 7.32. The van der Waals surface area contributed by atoms with Crippen LogP contribution in [0.25, 0.3) is 0 Å². The highest BCUT2D eigenvalue weighted by atomic mass is 32.2. The summed E-state index contributed by atoms with van der Waals surface area (Å²) in [6, 6.07) is 12.0. The molecule has 34 heavy (non-hydrogen) atoms. The SMILES string of the molecule is COc1ccnc(N2CC[C@H](CCS(C)(=O)=O)[C@@H]2COC2CCC(c3ccccc3)CC2)c1F. The second-order valence-electron chi connectivity index (χ2n) is 9.60.